The maximum atomic E-state index is 14.1. The molecule has 2 unspecified atom stereocenters. The second-order valence-electron chi connectivity index (χ2n) is 7.58. The first-order chi connectivity index (χ1) is 10.6. The van der Waals surface area contributed by atoms with Crippen molar-refractivity contribution >= 4 is 0 Å². The first-order valence-electron chi connectivity index (χ1n) is 8.93. The van der Waals surface area contributed by atoms with Crippen LogP contribution in [0.2, 0.25) is 0 Å². The van der Waals surface area contributed by atoms with Gasteiger partial charge in [0.05, 0.1) is 12.7 Å². The molecule has 1 aromatic carbocycles. The minimum atomic E-state index is -0.0408. The van der Waals surface area contributed by atoms with Crippen molar-refractivity contribution in [2.75, 3.05) is 6.61 Å². The fourth-order valence-electron chi connectivity index (χ4n) is 4.32. The van der Waals surface area contributed by atoms with E-state index in [9.17, 15) is 4.39 Å². The van der Waals surface area contributed by atoms with Gasteiger partial charge in [-0.15, -0.1) is 0 Å². The summed E-state index contributed by atoms with van der Waals surface area (Å²) in [4.78, 5) is 0. The standard InChI is InChI=1S/C20H29FO/c1-13-4-7-16(8-5-13)19-11-9-17(12-22-19)18-10-6-14(2)20(21)15(18)3/h6,10,13,16-17,19H,4-5,7-9,11-12H2,1-3H3. The summed E-state index contributed by atoms with van der Waals surface area (Å²) in [5.74, 6) is 1.98. The van der Waals surface area contributed by atoms with E-state index in [0.29, 0.717) is 12.0 Å². The van der Waals surface area contributed by atoms with Crippen LogP contribution in [0.5, 0.6) is 0 Å². The van der Waals surface area contributed by atoms with Gasteiger partial charge in [-0.25, -0.2) is 4.39 Å². The quantitative estimate of drug-likeness (QED) is 0.698. The van der Waals surface area contributed by atoms with Crippen molar-refractivity contribution < 1.29 is 9.13 Å². The second kappa shape index (κ2) is 6.70. The minimum absolute atomic E-state index is 0.0408. The average molecular weight is 304 g/mol. The molecule has 1 aromatic rings. The van der Waals surface area contributed by atoms with E-state index in [-0.39, 0.29) is 5.82 Å². The molecule has 2 heteroatoms. The molecule has 22 heavy (non-hydrogen) atoms. The second-order valence-corrected chi connectivity index (χ2v) is 7.58. The fraction of sp³-hybridized carbons (Fsp3) is 0.700. The van der Waals surface area contributed by atoms with Gasteiger partial charge < -0.3 is 4.74 Å². The van der Waals surface area contributed by atoms with E-state index in [1.165, 1.54) is 25.7 Å². The normalized spacial score (nSPS) is 32.9. The van der Waals surface area contributed by atoms with E-state index < -0.39 is 0 Å². The van der Waals surface area contributed by atoms with E-state index >= 15 is 0 Å². The van der Waals surface area contributed by atoms with Gasteiger partial charge in [0.15, 0.2) is 0 Å². The highest BCUT2D eigenvalue weighted by Gasteiger charge is 2.31. The molecular weight excluding hydrogens is 275 g/mol. The SMILES string of the molecule is Cc1ccc(C2CCC(C3CCC(C)CC3)OC2)c(C)c1F. The summed E-state index contributed by atoms with van der Waals surface area (Å²) in [7, 11) is 0. The van der Waals surface area contributed by atoms with Crippen molar-refractivity contribution in [3.05, 3.63) is 34.6 Å². The molecule has 2 fully saturated rings. The van der Waals surface area contributed by atoms with Crippen molar-refractivity contribution in [1.29, 1.82) is 0 Å². The van der Waals surface area contributed by atoms with Crippen LogP contribution in [0.3, 0.4) is 0 Å². The van der Waals surface area contributed by atoms with Crippen LogP contribution in [-0.2, 0) is 4.74 Å². The lowest BCUT2D eigenvalue weighted by Gasteiger charge is -2.37. The Kier molecular flexibility index (Phi) is 4.87. The van der Waals surface area contributed by atoms with Crippen molar-refractivity contribution in [2.45, 2.75) is 71.3 Å². The summed E-state index contributed by atoms with van der Waals surface area (Å²) in [5.41, 5.74) is 2.71. The molecule has 0 amide bonds. The summed E-state index contributed by atoms with van der Waals surface area (Å²) in [6, 6.07) is 4.01. The Balaban J connectivity index is 1.61. The predicted molar refractivity (Wildman–Crippen MR) is 88.7 cm³/mol. The molecule has 0 radical (unpaired) electrons. The molecule has 0 N–H and O–H groups in total. The molecule has 1 aliphatic heterocycles. The maximum Gasteiger partial charge on any atom is 0.129 e. The predicted octanol–water partition coefficient (Wildman–Crippen LogP) is 5.53. The molecule has 0 aromatic heterocycles. The van der Waals surface area contributed by atoms with Gasteiger partial charge in [-0.1, -0.05) is 31.9 Å². The number of halogens is 1. The van der Waals surface area contributed by atoms with E-state index in [2.05, 4.69) is 13.0 Å². The van der Waals surface area contributed by atoms with Gasteiger partial charge in [-0.2, -0.15) is 0 Å². The maximum absolute atomic E-state index is 14.1. The van der Waals surface area contributed by atoms with E-state index in [1.54, 1.807) is 0 Å². The number of aryl methyl sites for hydroxylation is 1. The number of hydrogen-bond acceptors (Lipinski definition) is 1. The third kappa shape index (κ3) is 3.22. The summed E-state index contributed by atoms with van der Waals surface area (Å²) in [6.07, 6.45) is 8.09. The van der Waals surface area contributed by atoms with Crippen LogP contribution in [0.4, 0.5) is 4.39 Å². The number of benzene rings is 1. The van der Waals surface area contributed by atoms with Crippen molar-refractivity contribution in [2.24, 2.45) is 11.8 Å². The topological polar surface area (TPSA) is 9.23 Å². The summed E-state index contributed by atoms with van der Waals surface area (Å²) in [6.45, 7) is 6.87. The molecule has 0 spiro atoms. The zero-order chi connectivity index (χ0) is 15.7. The summed E-state index contributed by atoms with van der Waals surface area (Å²) in [5, 5.41) is 0. The van der Waals surface area contributed by atoms with E-state index in [4.69, 9.17) is 4.74 Å². The minimum Gasteiger partial charge on any atom is -0.377 e. The zero-order valence-corrected chi connectivity index (χ0v) is 14.2. The Bertz CT molecular complexity index is 509. The first-order valence-corrected chi connectivity index (χ1v) is 8.93. The monoisotopic (exact) mass is 304 g/mol. The van der Waals surface area contributed by atoms with E-state index in [1.807, 2.05) is 19.9 Å². The highest BCUT2D eigenvalue weighted by atomic mass is 19.1. The van der Waals surface area contributed by atoms with Gasteiger partial charge in [0.25, 0.3) is 0 Å². The Hall–Kier alpha value is -0.890. The van der Waals surface area contributed by atoms with Gasteiger partial charge in [0.1, 0.15) is 5.82 Å². The van der Waals surface area contributed by atoms with Crippen LogP contribution in [0, 0.1) is 31.5 Å². The van der Waals surface area contributed by atoms with Crippen LogP contribution in [0.25, 0.3) is 0 Å². The Morgan fingerprint density at radius 2 is 1.73 bits per heavy atom. The van der Waals surface area contributed by atoms with Crippen LogP contribution in [-0.4, -0.2) is 12.7 Å². The number of rotatable bonds is 2. The van der Waals surface area contributed by atoms with Crippen molar-refractivity contribution in [3.8, 4) is 0 Å². The molecule has 2 aliphatic rings. The summed E-state index contributed by atoms with van der Waals surface area (Å²) < 4.78 is 20.3. The van der Waals surface area contributed by atoms with E-state index in [0.717, 1.165) is 48.0 Å². The third-order valence-corrected chi connectivity index (χ3v) is 5.96. The third-order valence-electron chi connectivity index (χ3n) is 5.96. The Labute approximate surface area is 134 Å². The Morgan fingerprint density at radius 3 is 2.36 bits per heavy atom. The van der Waals surface area contributed by atoms with Crippen LogP contribution in [0.1, 0.15) is 68.1 Å². The van der Waals surface area contributed by atoms with Gasteiger partial charge in [-0.3, -0.25) is 0 Å². The molecule has 1 nitrogen and oxygen atoms in total. The highest BCUT2D eigenvalue weighted by Crippen LogP contribution is 2.38. The largest absolute Gasteiger partial charge is 0.377 e. The van der Waals surface area contributed by atoms with Crippen molar-refractivity contribution in [3.63, 3.8) is 0 Å². The van der Waals surface area contributed by atoms with Gasteiger partial charge in [0, 0.05) is 5.92 Å². The molecule has 0 bridgehead atoms. The first kappa shape index (κ1) is 16.0. The van der Waals surface area contributed by atoms with Crippen molar-refractivity contribution in [1.82, 2.24) is 0 Å². The van der Waals surface area contributed by atoms with Gasteiger partial charge in [-0.05, 0) is 68.1 Å². The number of hydrogen-bond donors (Lipinski definition) is 0. The molecule has 1 heterocycles. The van der Waals surface area contributed by atoms with Crippen LogP contribution < -0.4 is 0 Å². The fourth-order valence-corrected chi connectivity index (χ4v) is 4.32. The molecule has 2 atom stereocenters. The Morgan fingerprint density at radius 1 is 1.00 bits per heavy atom. The van der Waals surface area contributed by atoms with Gasteiger partial charge in [0.2, 0.25) is 0 Å². The lowest BCUT2D eigenvalue weighted by Crippen LogP contribution is -2.33. The molecule has 1 saturated heterocycles. The lowest BCUT2D eigenvalue weighted by atomic mass is 9.77. The average Bonchev–Trinajstić information content (AvgIpc) is 2.54. The van der Waals surface area contributed by atoms with Gasteiger partial charge >= 0.3 is 0 Å². The zero-order valence-electron chi connectivity index (χ0n) is 14.2. The molecule has 1 saturated carbocycles. The summed E-state index contributed by atoms with van der Waals surface area (Å²) >= 11 is 0. The highest BCUT2D eigenvalue weighted by molar-refractivity contribution is 5.35. The molecule has 3 rings (SSSR count). The molecular formula is C20H29FO. The number of ether oxygens (including phenoxy) is 1. The molecule has 122 valence electrons. The lowest BCUT2D eigenvalue weighted by molar-refractivity contribution is -0.0428. The van der Waals surface area contributed by atoms with Crippen LogP contribution >= 0.6 is 0 Å². The van der Waals surface area contributed by atoms with Crippen LogP contribution in [0.15, 0.2) is 12.1 Å². The smallest absolute Gasteiger partial charge is 0.129 e. The molecule has 1 aliphatic carbocycles.